The van der Waals surface area contributed by atoms with Crippen LogP contribution in [-0.4, -0.2) is 80.0 Å². The summed E-state index contributed by atoms with van der Waals surface area (Å²) in [4.78, 5) is 73.9. The molecule has 1 N–H and O–H groups in total. The number of rotatable bonds is 20. The summed E-state index contributed by atoms with van der Waals surface area (Å²) in [6.07, 6.45) is 3.62. The molecule has 0 heterocycles. The van der Waals surface area contributed by atoms with Gasteiger partial charge in [0, 0.05) is 30.8 Å². The predicted molar refractivity (Wildman–Crippen MR) is 150 cm³/mol. The Morgan fingerprint density at radius 1 is 0.750 bits per heavy atom. The van der Waals surface area contributed by atoms with Crippen molar-refractivity contribution in [2.24, 2.45) is 11.8 Å². The molecule has 0 rings (SSSR count). The van der Waals surface area contributed by atoms with Gasteiger partial charge in [0.05, 0.1) is 39.6 Å². The van der Waals surface area contributed by atoms with Gasteiger partial charge in [-0.1, -0.05) is 26.2 Å². The van der Waals surface area contributed by atoms with E-state index in [-0.39, 0.29) is 55.3 Å². The third-order valence-electron chi connectivity index (χ3n) is 5.80. The van der Waals surface area contributed by atoms with E-state index in [9.17, 15) is 28.8 Å². The van der Waals surface area contributed by atoms with Crippen molar-refractivity contribution < 1.29 is 47.7 Å². The van der Waals surface area contributed by atoms with Crippen molar-refractivity contribution in [2.75, 3.05) is 32.8 Å². The number of amides is 1. The molecule has 0 aliphatic carbocycles. The number of methoxy groups -OCH3 is 3. The van der Waals surface area contributed by atoms with Gasteiger partial charge in [-0.15, -0.1) is 0 Å². The molecule has 0 saturated heterocycles. The number of ether oxygens (including phenoxy) is 4. The summed E-state index contributed by atoms with van der Waals surface area (Å²) in [7, 11) is 3.65. The first-order valence-corrected chi connectivity index (χ1v) is 14.8. The fourth-order valence-corrected chi connectivity index (χ4v) is 4.96. The number of thioether (sulfide) groups is 1. The molecule has 0 saturated carbocycles. The van der Waals surface area contributed by atoms with Crippen LogP contribution in [0.25, 0.3) is 0 Å². The lowest BCUT2D eigenvalue weighted by atomic mass is 9.99. The number of nitrogens with one attached hydrogen (secondary N) is 1. The first-order valence-electron chi connectivity index (χ1n) is 13.6. The molecule has 0 fully saturated rings. The quantitative estimate of drug-likeness (QED) is 0.126. The van der Waals surface area contributed by atoms with Crippen molar-refractivity contribution in [2.45, 2.75) is 97.1 Å². The molecule has 0 aliphatic rings. The van der Waals surface area contributed by atoms with Crippen molar-refractivity contribution in [1.82, 2.24) is 5.32 Å². The average molecular weight is 590 g/mol. The standard InChI is InChI=1S/C28H47NO10S/c1-8-9-10-11-12-23(31)29-22(27(35)38-7)14-13-21(30)15-19(25(33)36-5)17-40-18-20(26(34)37-6)16-24(32)39-28(2,3)4/h19-20,22H,8-18H2,1-7H3,(H,29,31)/t19-,20+,22-/m1/s1. The van der Waals surface area contributed by atoms with Gasteiger partial charge in [-0.2, -0.15) is 11.8 Å². The van der Waals surface area contributed by atoms with Crippen LogP contribution in [0.3, 0.4) is 0 Å². The summed E-state index contributed by atoms with van der Waals surface area (Å²) in [6.45, 7) is 7.24. The van der Waals surface area contributed by atoms with E-state index in [4.69, 9.17) is 18.9 Å². The number of esters is 4. The second-order valence-corrected chi connectivity index (χ2v) is 11.6. The molecule has 0 spiro atoms. The maximum atomic E-state index is 12.7. The Hall–Kier alpha value is -2.63. The molecule has 11 nitrogen and oxygen atoms in total. The topological polar surface area (TPSA) is 151 Å². The highest BCUT2D eigenvalue weighted by atomic mass is 32.2. The van der Waals surface area contributed by atoms with E-state index in [1.165, 1.54) is 33.1 Å². The van der Waals surface area contributed by atoms with Gasteiger partial charge in [0.1, 0.15) is 17.4 Å². The van der Waals surface area contributed by atoms with E-state index in [1.807, 2.05) is 0 Å². The van der Waals surface area contributed by atoms with E-state index in [2.05, 4.69) is 12.2 Å². The zero-order chi connectivity index (χ0) is 30.7. The zero-order valence-electron chi connectivity index (χ0n) is 25.0. The van der Waals surface area contributed by atoms with Crippen molar-refractivity contribution in [3.05, 3.63) is 0 Å². The van der Waals surface area contributed by atoms with Crippen LogP contribution in [0.2, 0.25) is 0 Å². The lowest BCUT2D eigenvalue weighted by Crippen LogP contribution is -2.41. The number of carbonyl (C=O) groups is 6. The van der Waals surface area contributed by atoms with Crippen LogP contribution < -0.4 is 5.32 Å². The van der Waals surface area contributed by atoms with Gasteiger partial charge in [-0.3, -0.25) is 24.0 Å². The molecule has 1 amide bonds. The van der Waals surface area contributed by atoms with Gasteiger partial charge < -0.3 is 24.3 Å². The second kappa shape index (κ2) is 20.3. The Morgan fingerprint density at radius 3 is 1.80 bits per heavy atom. The summed E-state index contributed by atoms with van der Waals surface area (Å²) in [5.41, 5.74) is -0.703. The van der Waals surface area contributed by atoms with Gasteiger partial charge in [0.15, 0.2) is 0 Å². The largest absolute Gasteiger partial charge is 0.469 e. The van der Waals surface area contributed by atoms with E-state index < -0.39 is 47.4 Å². The summed E-state index contributed by atoms with van der Waals surface area (Å²) in [6, 6.07) is -0.966. The predicted octanol–water partition coefficient (Wildman–Crippen LogP) is 3.40. The van der Waals surface area contributed by atoms with Crippen LogP contribution in [0.15, 0.2) is 0 Å². The average Bonchev–Trinajstić information content (AvgIpc) is 2.89. The SMILES string of the molecule is CCCCCCC(=O)N[C@H](CCC(=O)C[C@H](CSC[C@H](CC(=O)OC(C)(C)C)C(=O)OC)C(=O)OC)C(=O)OC. The van der Waals surface area contributed by atoms with Crippen LogP contribution in [0, 0.1) is 11.8 Å². The molecule has 230 valence electrons. The van der Waals surface area contributed by atoms with Gasteiger partial charge in [-0.25, -0.2) is 4.79 Å². The fourth-order valence-electron chi connectivity index (χ4n) is 3.74. The van der Waals surface area contributed by atoms with Crippen LogP contribution in [0.4, 0.5) is 0 Å². The Bertz CT molecular complexity index is 839. The molecule has 12 heteroatoms. The lowest BCUT2D eigenvalue weighted by molar-refractivity contribution is -0.160. The number of hydrogen-bond acceptors (Lipinski definition) is 11. The highest BCUT2D eigenvalue weighted by Crippen LogP contribution is 2.22. The van der Waals surface area contributed by atoms with Crippen LogP contribution in [-0.2, 0) is 47.7 Å². The maximum absolute atomic E-state index is 12.7. The Kier molecular flexibility index (Phi) is 18.9. The van der Waals surface area contributed by atoms with E-state index in [0.717, 1.165) is 19.3 Å². The summed E-state index contributed by atoms with van der Waals surface area (Å²) in [5.74, 6) is -4.19. The van der Waals surface area contributed by atoms with E-state index in [1.54, 1.807) is 20.8 Å². The minimum atomic E-state index is -0.966. The minimum Gasteiger partial charge on any atom is -0.469 e. The third kappa shape index (κ3) is 17.1. The van der Waals surface area contributed by atoms with Crippen molar-refractivity contribution in [3.63, 3.8) is 0 Å². The number of hydrogen-bond donors (Lipinski definition) is 1. The highest BCUT2D eigenvalue weighted by Gasteiger charge is 2.29. The van der Waals surface area contributed by atoms with Crippen LogP contribution >= 0.6 is 11.8 Å². The molecule has 0 aromatic carbocycles. The van der Waals surface area contributed by atoms with Gasteiger partial charge in [0.25, 0.3) is 0 Å². The Labute approximate surface area is 242 Å². The summed E-state index contributed by atoms with van der Waals surface area (Å²) < 4.78 is 19.7. The highest BCUT2D eigenvalue weighted by molar-refractivity contribution is 7.99. The molecule has 0 unspecified atom stereocenters. The van der Waals surface area contributed by atoms with Crippen molar-refractivity contribution in [3.8, 4) is 0 Å². The molecular weight excluding hydrogens is 542 g/mol. The molecule has 0 aromatic rings. The minimum absolute atomic E-state index is 0.0353. The third-order valence-corrected chi connectivity index (χ3v) is 7.08. The van der Waals surface area contributed by atoms with Crippen LogP contribution in [0.1, 0.15) is 85.5 Å². The first-order chi connectivity index (χ1) is 18.8. The first kappa shape index (κ1) is 37.4. The molecule has 0 aromatic heterocycles. The number of ketones is 1. The van der Waals surface area contributed by atoms with Crippen LogP contribution in [0.5, 0.6) is 0 Å². The molecule has 3 atom stereocenters. The second-order valence-electron chi connectivity index (χ2n) is 10.5. The summed E-state index contributed by atoms with van der Waals surface area (Å²) >= 11 is 1.22. The fraction of sp³-hybridized carbons (Fsp3) is 0.786. The normalized spacial score (nSPS) is 13.4. The maximum Gasteiger partial charge on any atom is 0.328 e. The Balaban J connectivity index is 5.03. The van der Waals surface area contributed by atoms with E-state index >= 15 is 0 Å². The van der Waals surface area contributed by atoms with Gasteiger partial charge >= 0.3 is 23.9 Å². The van der Waals surface area contributed by atoms with Gasteiger partial charge in [-0.05, 0) is 33.6 Å². The molecule has 40 heavy (non-hydrogen) atoms. The molecule has 0 aliphatic heterocycles. The smallest absolute Gasteiger partial charge is 0.328 e. The van der Waals surface area contributed by atoms with Crippen molar-refractivity contribution >= 4 is 47.3 Å². The number of carbonyl (C=O) groups excluding carboxylic acids is 6. The summed E-state index contributed by atoms with van der Waals surface area (Å²) in [5, 5.41) is 2.64. The number of Topliss-reactive ketones (excluding diaryl/α,β-unsaturated/α-hetero) is 1. The molecule has 0 bridgehead atoms. The lowest BCUT2D eigenvalue weighted by Gasteiger charge is -2.21. The number of unbranched alkanes of at least 4 members (excludes halogenated alkanes) is 3. The van der Waals surface area contributed by atoms with Gasteiger partial charge in [0.2, 0.25) is 5.91 Å². The van der Waals surface area contributed by atoms with E-state index in [0.29, 0.717) is 6.42 Å². The monoisotopic (exact) mass is 589 g/mol. The Morgan fingerprint density at radius 2 is 1.30 bits per heavy atom. The van der Waals surface area contributed by atoms with Crippen molar-refractivity contribution in [1.29, 1.82) is 0 Å². The molecule has 0 radical (unpaired) electrons. The zero-order valence-corrected chi connectivity index (χ0v) is 25.8. The molecular formula is C28H47NO10S.